The van der Waals surface area contributed by atoms with E-state index in [0.717, 1.165) is 23.7 Å². The van der Waals surface area contributed by atoms with Crippen LogP contribution in [0, 0.1) is 0 Å². The van der Waals surface area contributed by atoms with E-state index in [1.54, 1.807) is 35.3 Å². The molecule has 1 aliphatic heterocycles. The second-order valence-corrected chi connectivity index (χ2v) is 6.59. The second kappa shape index (κ2) is 5.66. The van der Waals surface area contributed by atoms with Crippen LogP contribution in [-0.2, 0) is 7.05 Å². The Hall–Kier alpha value is -2.41. The molecule has 0 radical (unpaired) electrons. The number of thiazole rings is 1. The van der Waals surface area contributed by atoms with Crippen molar-refractivity contribution in [1.82, 2.24) is 19.7 Å². The Morgan fingerprint density at radius 3 is 2.61 bits per heavy atom. The van der Waals surface area contributed by atoms with Crippen LogP contribution in [0.4, 0.5) is 5.13 Å². The van der Waals surface area contributed by atoms with Crippen molar-refractivity contribution in [2.45, 2.75) is 0 Å². The molecule has 0 N–H and O–H groups in total. The first-order chi connectivity index (χ1) is 11.2. The molecule has 118 valence electrons. The SMILES string of the molecule is Cn1nccc1C(=O)N1CCN(c2nc3ccccc3s2)CC1. The van der Waals surface area contributed by atoms with Gasteiger partial charge in [-0.25, -0.2) is 4.98 Å². The minimum absolute atomic E-state index is 0.0500. The summed E-state index contributed by atoms with van der Waals surface area (Å²) >= 11 is 1.71. The van der Waals surface area contributed by atoms with Gasteiger partial charge in [0.15, 0.2) is 5.13 Å². The topological polar surface area (TPSA) is 54.3 Å². The molecule has 23 heavy (non-hydrogen) atoms. The van der Waals surface area contributed by atoms with Crippen LogP contribution in [0.3, 0.4) is 0 Å². The molecule has 1 aliphatic rings. The number of aromatic nitrogens is 3. The lowest BCUT2D eigenvalue weighted by Gasteiger charge is -2.34. The van der Waals surface area contributed by atoms with Crippen LogP contribution in [0.25, 0.3) is 10.2 Å². The van der Waals surface area contributed by atoms with E-state index in [-0.39, 0.29) is 5.91 Å². The van der Waals surface area contributed by atoms with Gasteiger partial charge >= 0.3 is 0 Å². The maximum absolute atomic E-state index is 12.5. The average molecular weight is 327 g/mol. The number of carbonyl (C=O) groups is 1. The van der Waals surface area contributed by atoms with Gasteiger partial charge in [-0.05, 0) is 18.2 Å². The molecule has 1 amide bonds. The third kappa shape index (κ3) is 2.57. The summed E-state index contributed by atoms with van der Waals surface area (Å²) in [5.41, 5.74) is 1.68. The number of rotatable bonds is 2. The van der Waals surface area contributed by atoms with Gasteiger partial charge in [0.05, 0.1) is 10.2 Å². The minimum atomic E-state index is 0.0500. The van der Waals surface area contributed by atoms with E-state index in [9.17, 15) is 4.79 Å². The molecule has 0 bridgehead atoms. The van der Waals surface area contributed by atoms with Crippen LogP contribution in [0.5, 0.6) is 0 Å². The molecule has 3 heterocycles. The molecule has 6 nitrogen and oxygen atoms in total. The van der Waals surface area contributed by atoms with Gasteiger partial charge in [0.2, 0.25) is 0 Å². The summed E-state index contributed by atoms with van der Waals surface area (Å²) in [4.78, 5) is 21.3. The Kier molecular flexibility index (Phi) is 3.49. The molecule has 2 aromatic heterocycles. The third-order valence-corrected chi connectivity index (χ3v) is 5.26. The summed E-state index contributed by atoms with van der Waals surface area (Å²) in [6.45, 7) is 3.03. The molecule has 0 spiro atoms. The standard InChI is InChI=1S/C16H17N5OS/c1-19-13(6-7-17-19)15(22)20-8-10-21(11-9-20)16-18-12-4-2-3-5-14(12)23-16/h2-7H,8-11H2,1H3. The van der Waals surface area contributed by atoms with Gasteiger partial charge in [-0.2, -0.15) is 5.10 Å². The van der Waals surface area contributed by atoms with Crippen molar-refractivity contribution in [2.75, 3.05) is 31.1 Å². The highest BCUT2D eigenvalue weighted by molar-refractivity contribution is 7.22. The molecular weight excluding hydrogens is 310 g/mol. The Morgan fingerprint density at radius 2 is 1.91 bits per heavy atom. The first-order valence-electron chi connectivity index (χ1n) is 7.60. The van der Waals surface area contributed by atoms with Gasteiger partial charge in [0.1, 0.15) is 5.69 Å². The largest absolute Gasteiger partial charge is 0.345 e. The smallest absolute Gasteiger partial charge is 0.272 e. The fourth-order valence-electron chi connectivity index (χ4n) is 2.84. The molecule has 4 rings (SSSR count). The van der Waals surface area contributed by atoms with E-state index >= 15 is 0 Å². The minimum Gasteiger partial charge on any atom is -0.345 e. The predicted molar refractivity (Wildman–Crippen MR) is 90.9 cm³/mol. The quantitative estimate of drug-likeness (QED) is 0.722. The van der Waals surface area contributed by atoms with Gasteiger partial charge in [-0.1, -0.05) is 23.5 Å². The average Bonchev–Trinajstić information content (AvgIpc) is 3.20. The Bertz CT molecular complexity index is 814. The molecule has 1 aromatic carbocycles. The Balaban J connectivity index is 1.46. The fraction of sp³-hybridized carbons (Fsp3) is 0.312. The molecule has 7 heteroatoms. The second-order valence-electron chi connectivity index (χ2n) is 5.58. The first-order valence-corrected chi connectivity index (χ1v) is 8.42. The number of piperazine rings is 1. The summed E-state index contributed by atoms with van der Waals surface area (Å²) in [7, 11) is 1.80. The lowest BCUT2D eigenvalue weighted by atomic mass is 10.3. The third-order valence-electron chi connectivity index (χ3n) is 4.16. The van der Waals surface area contributed by atoms with Crippen molar-refractivity contribution in [3.05, 3.63) is 42.2 Å². The highest BCUT2D eigenvalue weighted by atomic mass is 32.1. The number of benzene rings is 1. The summed E-state index contributed by atoms with van der Waals surface area (Å²) in [5.74, 6) is 0.0500. The number of fused-ring (bicyclic) bond motifs is 1. The van der Waals surface area contributed by atoms with Crippen LogP contribution < -0.4 is 4.90 Å². The van der Waals surface area contributed by atoms with Gasteiger partial charge in [0.25, 0.3) is 5.91 Å². The monoisotopic (exact) mass is 327 g/mol. The van der Waals surface area contributed by atoms with Crippen molar-refractivity contribution >= 4 is 32.6 Å². The number of nitrogens with zero attached hydrogens (tertiary/aromatic N) is 5. The molecule has 0 atom stereocenters. The zero-order valence-corrected chi connectivity index (χ0v) is 13.7. The number of hydrogen-bond donors (Lipinski definition) is 0. The van der Waals surface area contributed by atoms with Gasteiger partial charge in [-0.15, -0.1) is 0 Å². The van der Waals surface area contributed by atoms with Crippen LogP contribution in [0.15, 0.2) is 36.5 Å². The van der Waals surface area contributed by atoms with E-state index in [2.05, 4.69) is 16.1 Å². The number of anilines is 1. The molecule has 1 saturated heterocycles. The molecule has 0 saturated carbocycles. The number of aryl methyl sites for hydroxylation is 1. The summed E-state index contributed by atoms with van der Waals surface area (Å²) in [5, 5.41) is 5.11. The molecular formula is C16H17N5OS. The van der Waals surface area contributed by atoms with Crippen LogP contribution in [0.1, 0.15) is 10.5 Å². The van der Waals surface area contributed by atoms with Crippen molar-refractivity contribution in [3.8, 4) is 0 Å². The van der Waals surface area contributed by atoms with Crippen LogP contribution in [0.2, 0.25) is 0 Å². The zero-order valence-electron chi connectivity index (χ0n) is 12.8. The lowest BCUT2D eigenvalue weighted by molar-refractivity contribution is 0.0735. The van der Waals surface area contributed by atoms with E-state index < -0.39 is 0 Å². The number of amides is 1. The fourth-order valence-corrected chi connectivity index (χ4v) is 3.86. The zero-order chi connectivity index (χ0) is 15.8. The summed E-state index contributed by atoms with van der Waals surface area (Å²) in [6, 6.07) is 9.95. The van der Waals surface area contributed by atoms with Crippen LogP contribution in [-0.4, -0.2) is 51.8 Å². The summed E-state index contributed by atoms with van der Waals surface area (Å²) in [6.07, 6.45) is 1.66. The highest BCUT2D eigenvalue weighted by Gasteiger charge is 2.25. The number of hydrogen-bond acceptors (Lipinski definition) is 5. The lowest BCUT2D eigenvalue weighted by Crippen LogP contribution is -2.49. The van der Waals surface area contributed by atoms with Crippen molar-refractivity contribution < 1.29 is 4.79 Å². The number of para-hydroxylation sites is 1. The molecule has 0 aliphatic carbocycles. The van der Waals surface area contributed by atoms with Crippen molar-refractivity contribution in [2.24, 2.45) is 7.05 Å². The van der Waals surface area contributed by atoms with E-state index in [1.165, 1.54) is 4.70 Å². The molecule has 0 unspecified atom stereocenters. The van der Waals surface area contributed by atoms with Gasteiger partial charge in [0, 0.05) is 39.4 Å². The summed E-state index contributed by atoms with van der Waals surface area (Å²) < 4.78 is 2.83. The van der Waals surface area contributed by atoms with E-state index in [1.807, 2.05) is 23.1 Å². The number of carbonyl (C=O) groups excluding carboxylic acids is 1. The maximum Gasteiger partial charge on any atom is 0.272 e. The van der Waals surface area contributed by atoms with E-state index in [4.69, 9.17) is 4.98 Å². The van der Waals surface area contributed by atoms with Gasteiger partial charge < -0.3 is 9.80 Å². The molecule has 3 aromatic rings. The van der Waals surface area contributed by atoms with E-state index in [0.29, 0.717) is 18.8 Å². The normalized spacial score (nSPS) is 15.3. The Labute approximate surface area is 138 Å². The molecule has 1 fully saturated rings. The van der Waals surface area contributed by atoms with Crippen molar-refractivity contribution in [3.63, 3.8) is 0 Å². The maximum atomic E-state index is 12.5. The van der Waals surface area contributed by atoms with Crippen LogP contribution >= 0.6 is 11.3 Å². The van der Waals surface area contributed by atoms with Crippen molar-refractivity contribution in [1.29, 1.82) is 0 Å². The Morgan fingerprint density at radius 1 is 1.13 bits per heavy atom. The predicted octanol–water partition coefficient (Wildman–Crippen LogP) is 1.99. The first kappa shape index (κ1) is 14.2. The van der Waals surface area contributed by atoms with Gasteiger partial charge in [-0.3, -0.25) is 9.48 Å². The highest BCUT2D eigenvalue weighted by Crippen LogP contribution is 2.29.